The molecule has 3 heterocycles. The number of nitrogens with one attached hydrogen (secondary N) is 2. The summed E-state index contributed by atoms with van der Waals surface area (Å²) in [5, 5.41) is 14.1. The topological polar surface area (TPSA) is 107 Å². The van der Waals surface area contributed by atoms with Crippen molar-refractivity contribution in [1.82, 2.24) is 14.5 Å². The van der Waals surface area contributed by atoms with E-state index >= 15 is 0 Å². The molecule has 1 aromatic carbocycles. The van der Waals surface area contributed by atoms with Crippen molar-refractivity contribution < 1.29 is 10.4 Å². The summed E-state index contributed by atoms with van der Waals surface area (Å²) in [4.78, 5) is 30.8. The summed E-state index contributed by atoms with van der Waals surface area (Å²) in [6.07, 6.45) is 4.85. The quantitative estimate of drug-likeness (QED) is 0.485. The van der Waals surface area contributed by atoms with Crippen LogP contribution in [-0.4, -0.2) is 26.2 Å². The van der Waals surface area contributed by atoms with E-state index in [4.69, 9.17) is 0 Å². The largest absolute Gasteiger partial charge is 0.494 e. The van der Waals surface area contributed by atoms with Crippen molar-refractivity contribution in [1.29, 1.82) is 0 Å². The average molecular weight is 383 g/mol. The summed E-state index contributed by atoms with van der Waals surface area (Å²) in [6, 6.07) is 7.71. The van der Waals surface area contributed by atoms with Gasteiger partial charge in [0.2, 0.25) is 5.88 Å². The minimum absolute atomic E-state index is 0.210. The molecule has 0 amide bonds. The molecule has 0 fully saturated rings. The van der Waals surface area contributed by atoms with Crippen LogP contribution in [0.1, 0.15) is 55.5 Å². The highest BCUT2D eigenvalue weighted by molar-refractivity contribution is 5.85. The first-order chi connectivity index (χ1) is 13.6. The molecule has 1 aliphatic rings. The molecule has 4 rings (SSSR count). The number of aromatic hydroxyl groups is 1. The molecule has 5 N–H and O–H groups in total. The van der Waals surface area contributed by atoms with E-state index in [9.17, 15) is 14.7 Å². The fourth-order valence-corrected chi connectivity index (χ4v) is 4.29. The molecule has 28 heavy (non-hydrogen) atoms. The predicted octanol–water partition coefficient (Wildman–Crippen LogP) is 1.51. The van der Waals surface area contributed by atoms with Crippen LogP contribution in [0.3, 0.4) is 0 Å². The van der Waals surface area contributed by atoms with Crippen molar-refractivity contribution in [2.45, 2.75) is 51.6 Å². The molecular weight excluding hydrogens is 356 g/mol. The third kappa shape index (κ3) is 3.16. The van der Waals surface area contributed by atoms with E-state index in [1.807, 2.05) is 23.5 Å². The number of unbranched alkanes of at least 4 members (excludes halogenated alkanes) is 3. The van der Waals surface area contributed by atoms with Gasteiger partial charge in [-0.15, -0.1) is 0 Å². The summed E-state index contributed by atoms with van der Waals surface area (Å²) >= 11 is 0. The maximum absolute atomic E-state index is 12.7. The molecule has 0 unspecified atom stereocenters. The van der Waals surface area contributed by atoms with Crippen LogP contribution in [0.4, 0.5) is 0 Å². The molecule has 148 valence electrons. The SMILES string of the molecule is CCCCCCn1c(O)c([C@H]2[NH2+]CCc3c2[nH]c2ccccc32)c(=O)[nH]c1=O. The van der Waals surface area contributed by atoms with Gasteiger partial charge in [0.1, 0.15) is 5.56 Å². The predicted molar refractivity (Wildman–Crippen MR) is 108 cm³/mol. The lowest BCUT2D eigenvalue weighted by Gasteiger charge is -2.22. The van der Waals surface area contributed by atoms with Crippen LogP contribution in [-0.2, 0) is 13.0 Å². The van der Waals surface area contributed by atoms with Gasteiger partial charge in [0.15, 0.2) is 6.04 Å². The summed E-state index contributed by atoms with van der Waals surface area (Å²) < 4.78 is 1.30. The number of para-hydroxylation sites is 1. The van der Waals surface area contributed by atoms with Gasteiger partial charge in [0.25, 0.3) is 5.56 Å². The summed E-state index contributed by atoms with van der Waals surface area (Å²) in [6.45, 7) is 3.34. The fourth-order valence-electron chi connectivity index (χ4n) is 4.29. The fraction of sp³-hybridized carbons (Fsp3) is 0.429. The Morgan fingerprint density at radius 2 is 2.00 bits per heavy atom. The number of nitrogens with zero attached hydrogens (tertiary/aromatic N) is 1. The second kappa shape index (κ2) is 7.67. The van der Waals surface area contributed by atoms with Gasteiger partial charge in [0.05, 0.1) is 12.2 Å². The van der Waals surface area contributed by atoms with E-state index < -0.39 is 11.2 Å². The molecule has 7 nitrogen and oxygen atoms in total. The number of aromatic amines is 2. The lowest BCUT2D eigenvalue weighted by molar-refractivity contribution is -0.690. The van der Waals surface area contributed by atoms with E-state index in [0.717, 1.165) is 55.2 Å². The van der Waals surface area contributed by atoms with Crippen molar-refractivity contribution in [2.24, 2.45) is 0 Å². The molecule has 0 bridgehead atoms. The van der Waals surface area contributed by atoms with Crippen LogP contribution in [0.5, 0.6) is 5.88 Å². The van der Waals surface area contributed by atoms with Gasteiger partial charge in [-0.05, 0) is 18.1 Å². The standard InChI is InChI=1S/C21H26N4O3/c1-2-3-4-7-12-25-20(27)16(19(26)24-21(25)28)18-17-14(10-11-22-18)13-8-5-6-9-15(13)23-17/h5-6,8-9,18,22-23,27H,2-4,7,10-12H2,1H3,(H,24,26,28)/p+1/t18-/m1/s1. The van der Waals surface area contributed by atoms with E-state index in [1.165, 1.54) is 10.1 Å². The van der Waals surface area contributed by atoms with E-state index in [2.05, 4.69) is 23.0 Å². The van der Waals surface area contributed by atoms with Crippen molar-refractivity contribution in [3.8, 4) is 5.88 Å². The Morgan fingerprint density at radius 3 is 2.82 bits per heavy atom. The average Bonchev–Trinajstić information content (AvgIpc) is 3.07. The molecule has 1 aliphatic heterocycles. The minimum Gasteiger partial charge on any atom is -0.494 e. The number of quaternary nitrogens is 1. The third-order valence-electron chi connectivity index (χ3n) is 5.71. The number of fused-ring (bicyclic) bond motifs is 3. The van der Waals surface area contributed by atoms with Crippen molar-refractivity contribution in [3.05, 3.63) is 61.9 Å². The summed E-state index contributed by atoms with van der Waals surface area (Å²) in [5.74, 6) is -0.210. The Hall–Kier alpha value is -2.80. The Labute approximate surface area is 162 Å². The van der Waals surface area contributed by atoms with Crippen molar-refractivity contribution >= 4 is 10.9 Å². The number of rotatable bonds is 6. The first-order valence-electron chi connectivity index (χ1n) is 10.1. The van der Waals surface area contributed by atoms with Crippen LogP contribution in [0.15, 0.2) is 33.9 Å². The molecule has 0 spiro atoms. The number of benzene rings is 1. The zero-order valence-electron chi connectivity index (χ0n) is 16.1. The zero-order valence-corrected chi connectivity index (χ0v) is 16.1. The first-order valence-corrected chi connectivity index (χ1v) is 10.1. The molecule has 2 aromatic heterocycles. The van der Waals surface area contributed by atoms with Gasteiger partial charge in [-0.3, -0.25) is 14.3 Å². The number of nitrogens with two attached hydrogens (primary N) is 1. The van der Waals surface area contributed by atoms with Gasteiger partial charge in [0, 0.05) is 23.9 Å². The van der Waals surface area contributed by atoms with Crippen LogP contribution >= 0.6 is 0 Å². The molecule has 3 aromatic rings. The van der Waals surface area contributed by atoms with Crippen molar-refractivity contribution in [3.63, 3.8) is 0 Å². The Bertz CT molecular complexity index is 1110. The molecule has 0 saturated carbocycles. The molecular formula is C21H27N4O3+. The highest BCUT2D eigenvalue weighted by Gasteiger charge is 2.34. The third-order valence-corrected chi connectivity index (χ3v) is 5.71. The number of hydrogen-bond donors (Lipinski definition) is 4. The number of hydrogen-bond acceptors (Lipinski definition) is 3. The maximum atomic E-state index is 12.7. The lowest BCUT2D eigenvalue weighted by atomic mass is 9.95. The van der Waals surface area contributed by atoms with Gasteiger partial charge in [-0.2, -0.15) is 0 Å². The van der Waals surface area contributed by atoms with Crippen LogP contribution in [0.25, 0.3) is 10.9 Å². The second-order valence-electron chi connectivity index (χ2n) is 7.52. The van der Waals surface area contributed by atoms with E-state index in [0.29, 0.717) is 6.54 Å². The van der Waals surface area contributed by atoms with Crippen LogP contribution in [0.2, 0.25) is 0 Å². The summed E-state index contributed by atoms with van der Waals surface area (Å²) in [7, 11) is 0. The van der Waals surface area contributed by atoms with Crippen molar-refractivity contribution in [2.75, 3.05) is 6.54 Å². The first kappa shape index (κ1) is 18.6. The summed E-state index contributed by atoms with van der Waals surface area (Å²) in [5.41, 5.74) is 2.33. The molecule has 1 atom stereocenters. The Morgan fingerprint density at radius 1 is 1.18 bits per heavy atom. The van der Waals surface area contributed by atoms with Gasteiger partial charge in [-0.1, -0.05) is 44.4 Å². The highest BCUT2D eigenvalue weighted by atomic mass is 16.3. The van der Waals surface area contributed by atoms with E-state index in [-0.39, 0.29) is 17.5 Å². The molecule has 0 aliphatic carbocycles. The van der Waals surface area contributed by atoms with Crippen LogP contribution in [0, 0.1) is 0 Å². The molecule has 7 heteroatoms. The highest BCUT2D eigenvalue weighted by Crippen LogP contribution is 2.31. The molecule has 0 radical (unpaired) electrons. The number of aromatic nitrogens is 3. The van der Waals surface area contributed by atoms with Gasteiger partial charge >= 0.3 is 5.69 Å². The Kier molecular flexibility index (Phi) is 5.09. The van der Waals surface area contributed by atoms with Crippen LogP contribution < -0.4 is 16.6 Å². The zero-order chi connectivity index (χ0) is 19.7. The normalized spacial score (nSPS) is 16.4. The smallest absolute Gasteiger partial charge is 0.331 e. The maximum Gasteiger partial charge on any atom is 0.331 e. The lowest BCUT2D eigenvalue weighted by Crippen LogP contribution is -2.87. The number of H-pyrrole nitrogens is 2. The van der Waals surface area contributed by atoms with E-state index in [1.54, 1.807) is 0 Å². The monoisotopic (exact) mass is 383 g/mol. The minimum atomic E-state index is -0.546. The van der Waals surface area contributed by atoms with Gasteiger partial charge < -0.3 is 15.4 Å². The molecule has 0 saturated heterocycles. The second-order valence-corrected chi connectivity index (χ2v) is 7.52. The van der Waals surface area contributed by atoms with Gasteiger partial charge in [-0.25, -0.2) is 4.79 Å². The Balaban J connectivity index is 1.78.